The van der Waals surface area contributed by atoms with Crippen molar-refractivity contribution in [1.82, 2.24) is 9.97 Å². The molecule has 2 heterocycles. The van der Waals surface area contributed by atoms with E-state index in [1.807, 2.05) is 0 Å². The van der Waals surface area contributed by atoms with E-state index in [0.29, 0.717) is 55.9 Å². The van der Waals surface area contributed by atoms with Crippen molar-refractivity contribution in [2.45, 2.75) is 25.4 Å². The molecule has 236 valence electrons. The van der Waals surface area contributed by atoms with Crippen LogP contribution in [0.25, 0.3) is 44.8 Å². The van der Waals surface area contributed by atoms with Crippen molar-refractivity contribution < 1.29 is 26.0 Å². The number of hydrogen-bond acceptors (Lipinski definition) is 4. The van der Waals surface area contributed by atoms with Crippen molar-refractivity contribution in [1.29, 1.82) is 0 Å². The molecule has 9 heteroatoms. The lowest BCUT2D eigenvalue weighted by molar-refractivity contribution is 0.581. The molecular weight excluding hydrogens is 624 g/mol. The van der Waals surface area contributed by atoms with Crippen molar-refractivity contribution in [3.8, 4) is 44.8 Å². The van der Waals surface area contributed by atoms with Gasteiger partial charge in [0.2, 0.25) is 0 Å². The summed E-state index contributed by atoms with van der Waals surface area (Å²) in [6.07, 6.45) is 3.08. The van der Waals surface area contributed by atoms with Gasteiger partial charge in [0.25, 0.3) is 0 Å². The van der Waals surface area contributed by atoms with Gasteiger partial charge in [0, 0.05) is 45.8 Å². The topological polar surface area (TPSA) is 59.9 Å². The minimum atomic E-state index is -4.00. The number of pyridine rings is 2. The maximum absolute atomic E-state index is 15.3. The first-order valence-corrected chi connectivity index (χ1v) is 16.5. The Morgan fingerprint density at radius 1 is 0.511 bits per heavy atom. The molecule has 6 rings (SSSR count). The summed E-state index contributed by atoms with van der Waals surface area (Å²) in [6.45, 7) is 3.31. The van der Waals surface area contributed by atoms with Crippen LogP contribution in [0.15, 0.2) is 109 Å². The molecule has 0 aliphatic rings. The SMILES string of the molecule is Cc1ccc(-c2cccnc2-c2ccc(CS(=O)(=O)Cc3ccc(-c4ncccc4-c4ccc(C)c(F)c4)cc3F)c(F)c2)cc1F. The van der Waals surface area contributed by atoms with Gasteiger partial charge in [0.1, 0.15) is 23.3 Å². The fourth-order valence-corrected chi connectivity index (χ4v) is 6.92. The average molecular weight is 653 g/mol. The van der Waals surface area contributed by atoms with Crippen LogP contribution < -0.4 is 0 Å². The Morgan fingerprint density at radius 2 is 0.894 bits per heavy atom. The molecule has 0 saturated heterocycles. The van der Waals surface area contributed by atoms with Crippen LogP contribution in [0.4, 0.5) is 17.6 Å². The van der Waals surface area contributed by atoms with E-state index in [-0.39, 0.29) is 22.8 Å². The fourth-order valence-electron chi connectivity index (χ4n) is 5.41. The Labute approximate surface area is 270 Å². The Hall–Kier alpha value is -5.15. The molecule has 0 aliphatic heterocycles. The number of rotatable bonds is 8. The first-order valence-electron chi connectivity index (χ1n) is 14.7. The molecule has 0 radical (unpaired) electrons. The van der Waals surface area contributed by atoms with E-state index >= 15 is 8.78 Å². The van der Waals surface area contributed by atoms with Gasteiger partial charge in [-0.15, -0.1) is 0 Å². The van der Waals surface area contributed by atoms with Gasteiger partial charge in [-0.1, -0.05) is 60.7 Å². The van der Waals surface area contributed by atoms with E-state index in [0.717, 1.165) is 0 Å². The third-order valence-corrected chi connectivity index (χ3v) is 9.49. The molecule has 0 atom stereocenters. The predicted molar refractivity (Wildman–Crippen MR) is 176 cm³/mol. The zero-order chi connectivity index (χ0) is 33.3. The highest BCUT2D eigenvalue weighted by molar-refractivity contribution is 7.89. The van der Waals surface area contributed by atoms with Crippen LogP contribution in [0.5, 0.6) is 0 Å². The second kappa shape index (κ2) is 12.9. The normalized spacial score (nSPS) is 11.5. The van der Waals surface area contributed by atoms with Gasteiger partial charge < -0.3 is 0 Å². The lowest BCUT2D eigenvalue weighted by Gasteiger charge is -2.13. The Bertz CT molecular complexity index is 2100. The van der Waals surface area contributed by atoms with Crippen LogP contribution in [-0.4, -0.2) is 18.4 Å². The van der Waals surface area contributed by atoms with Crippen LogP contribution in [0, 0.1) is 37.1 Å². The number of aryl methyl sites for hydroxylation is 2. The smallest absolute Gasteiger partial charge is 0.158 e. The highest BCUT2D eigenvalue weighted by Gasteiger charge is 2.21. The zero-order valence-corrected chi connectivity index (χ0v) is 26.3. The zero-order valence-electron chi connectivity index (χ0n) is 25.4. The molecule has 0 spiro atoms. The number of sulfone groups is 1. The maximum Gasteiger partial charge on any atom is 0.158 e. The number of hydrogen-bond donors (Lipinski definition) is 0. The minimum Gasteiger partial charge on any atom is -0.256 e. The Morgan fingerprint density at radius 3 is 1.28 bits per heavy atom. The van der Waals surface area contributed by atoms with Crippen molar-refractivity contribution >= 4 is 9.84 Å². The van der Waals surface area contributed by atoms with Gasteiger partial charge >= 0.3 is 0 Å². The van der Waals surface area contributed by atoms with E-state index in [1.165, 1.54) is 48.8 Å². The van der Waals surface area contributed by atoms with E-state index in [2.05, 4.69) is 9.97 Å². The van der Waals surface area contributed by atoms with Crippen LogP contribution in [0.1, 0.15) is 22.3 Å². The van der Waals surface area contributed by atoms with Gasteiger partial charge in [-0.05, 0) is 72.5 Å². The Kier molecular flexibility index (Phi) is 8.75. The second-order valence-corrected chi connectivity index (χ2v) is 13.4. The number of aromatic nitrogens is 2. The summed E-state index contributed by atoms with van der Waals surface area (Å²) >= 11 is 0. The molecular formula is C38H28F4N2O2S. The van der Waals surface area contributed by atoms with E-state index in [1.54, 1.807) is 74.5 Å². The van der Waals surface area contributed by atoms with Gasteiger partial charge in [-0.2, -0.15) is 0 Å². The average Bonchev–Trinajstić information content (AvgIpc) is 3.05. The van der Waals surface area contributed by atoms with Crippen LogP contribution >= 0.6 is 0 Å². The quantitative estimate of drug-likeness (QED) is 0.154. The van der Waals surface area contributed by atoms with Gasteiger partial charge in [-0.25, -0.2) is 26.0 Å². The lowest BCUT2D eigenvalue weighted by atomic mass is 9.98. The molecule has 4 aromatic carbocycles. The van der Waals surface area contributed by atoms with Crippen molar-refractivity contribution in [2.24, 2.45) is 0 Å². The summed E-state index contributed by atoms with van der Waals surface area (Å²) in [6, 6.07) is 24.7. The first kappa shape index (κ1) is 31.8. The first-order chi connectivity index (χ1) is 22.5. The molecule has 6 aromatic rings. The van der Waals surface area contributed by atoms with Crippen LogP contribution in [-0.2, 0) is 21.3 Å². The third-order valence-electron chi connectivity index (χ3n) is 7.98. The van der Waals surface area contributed by atoms with Crippen molar-refractivity contribution in [2.75, 3.05) is 0 Å². The molecule has 0 saturated carbocycles. The third kappa shape index (κ3) is 6.85. The lowest BCUT2D eigenvalue weighted by Crippen LogP contribution is -2.10. The van der Waals surface area contributed by atoms with E-state index in [4.69, 9.17) is 0 Å². The largest absolute Gasteiger partial charge is 0.256 e. The number of nitrogens with zero attached hydrogens (tertiary/aromatic N) is 2. The number of benzene rings is 4. The van der Waals surface area contributed by atoms with E-state index in [9.17, 15) is 17.2 Å². The standard InChI is InChI=1S/C38H28F4N2O2S/c1-23-7-9-25(17-33(23)39)31-5-3-15-43-37(31)27-11-13-29(35(41)19-27)21-47(45,46)22-30-14-12-28(20-36(30)42)38-32(6-4-16-44-38)26-10-8-24(2)34(40)18-26/h3-20H,21-22H2,1-2H3. The van der Waals surface area contributed by atoms with Gasteiger partial charge in [0.15, 0.2) is 9.84 Å². The minimum absolute atomic E-state index is 0.0758. The molecule has 0 amide bonds. The second-order valence-electron chi connectivity index (χ2n) is 11.4. The van der Waals surface area contributed by atoms with E-state index < -0.39 is 33.0 Å². The summed E-state index contributed by atoms with van der Waals surface area (Å²) in [4.78, 5) is 8.75. The molecule has 0 unspecified atom stereocenters. The molecule has 0 bridgehead atoms. The molecule has 0 fully saturated rings. The molecule has 0 N–H and O–H groups in total. The molecule has 0 aliphatic carbocycles. The summed E-state index contributed by atoms with van der Waals surface area (Å²) in [5.41, 5.74) is 4.76. The van der Waals surface area contributed by atoms with Crippen LogP contribution in [0.3, 0.4) is 0 Å². The fraction of sp³-hybridized carbons (Fsp3) is 0.105. The molecule has 47 heavy (non-hydrogen) atoms. The highest BCUT2D eigenvalue weighted by atomic mass is 32.2. The van der Waals surface area contributed by atoms with Crippen molar-refractivity contribution in [3.63, 3.8) is 0 Å². The summed E-state index contributed by atoms with van der Waals surface area (Å²) in [5, 5.41) is 0. The summed E-state index contributed by atoms with van der Waals surface area (Å²) < 4.78 is 85.6. The van der Waals surface area contributed by atoms with Crippen molar-refractivity contribution in [3.05, 3.63) is 155 Å². The number of halogens is 4. The highest BCUT2D eigenvalue weighted by Crippen LogP contribution is 2.34. The van der Waals surface area contributed by atoms with Gasteiger partial charge in [-0.3, -0.25) is 9.97 Å². The summed E-state index contributed by atoms with van der Waals surface area (Å²) in [7, 11) is -4.00. The molecule has 2 aromatic heterocycles. The summed E-state index contributed by atoms with van der Waals surface area (Å²) in [5.74, 6) is -3.58. The predicted octanol–water partition coefficient (Wildman–Crippen LogP) is 9.43. The monoisotopic (exact) mass is 652 g/mol. The maximum atomic E-state index is 15.3. The Balaban J connectivity index is 1.23. The van der Waals surface area contributed by atoms with Gasteiger partial charge in [0.05, 0.1) is 22.9 Å². The molecule has 4 nitrogen and oxygen atoms in total. The van der Waals surface area contributed by atoms with Crippen LogP contribution in [0.2, 0.25) is 0 Å².